The molecule has 2 heterocycles. The highest BCUT2D eigenvalue weighted by atomic mass is 15.3. The second-order valence-electron chi connectivity index (χ2n) is 4.87. The molecule has 0 saturated heterocycles. The Morgan fingerprint density at radius 3 is 2.32 bits per heavy atom. The van der Waals surface area contributed by atoms with Crippen LogP contribution >= 0.6 is 0 Å². The number of hydrogen-bond acceptors (Lipinski definition) is 4. The maximum atomic E-state index is 4.43. The van der Waals surface area contributed by atoms with Gasteiger partial charge in [-0.15, -0.1) is 0 Å². The summed E-state index contributed by atoms with van der Waals surface area (Å²) in [6.45, 7) is 7.00. The number of rotatable bonds is 4. The van der Waals surface area contributed by atoms with Crippen LogP contribution in [-0.4, -0.2) is 26.8 Å². The van der Waals surface area contributed by atoms with E-state index in [-0.39, 0.29) is 0 Å². The summed E-state index contributed by atoms with van der Waals surface area (Å²) in [6, 6.07) is 0. The van der Waals surface area contributed by atoms with Gasteiger partial charge in [-0.3, -0.25) is 4.68 Å². The zero-order valence-corrected chi connectivity index (χ0v) is 12.3. The summed E-state index contributed by atoms with van der Waals surface area (Å²) in [5, 5.41) is 4.43. The van der Waals surface area contributed by atoms with Gasteiger partial charge >= 0.3 is 0 Å². The van der Waals surface area contributed by atoms with Crippen molar-refractivity contribution in [2.24, 2.45) is 7.05 Å². The molecule has 0 atom stereocenters. The molecule has 0 aliphatic rings. The molecular formula is C14H21N5. The van der Waals surface area contributed by atoms with E-state index in [2.05, 4.69) is 33.8 Å². The summed E-state index contributed by atoms with van der Waals surface area (Å²) >= 11 is 0. The summed E-state index contributed by atoms with van der Waals surface area (Å²) in [7, 11) is 3.98. The van der Waals surface area contributed by atoms with Gasteiger partial charge in [-0.05, 0) is 25.8 Å². The molecule has 0 amide bonds. The maximum Gasteiger partial charge on any atom is 0.225 e. The SMILES string of the molecule is CCc1cnc(N(C)Cc2c(C)nn(C)c2C)nc1. The molecule has 0 fully saturated rings. The van der Waals surface area contributed by atoms with Gasteiger partial charge in [-0.25, -0.2) is 9.97 Å². The lowest BCUT2D eigenvalue weighted by Gasteiger charge is -2.17. The number of nitrogens with zero attached hydrogens (tertiary/aromatic N) is 5. The average Bonchev–Trinajstić information content (AvgIpc) is 2.65. The van der Waals surface area contributed by atoms with E-state index in [0.29, 0.717) is 0 Å². The predicted molar refractivity (Wildman–Crippen MR) is 76.2 cm³/mol. The highest BCUT2D eigenvalue weighted by Gasteiger charge is 2.13. The standard InChI is InChI=1S/C14H21N5/c1-6-12-7-15-14(16-8-12)18(4)9-13-10(2)17-19(5)11(13)3/h7-8H,6,9H2,1-5H3. The van der Waals surface area contributed by atoms with E-state index in [1.54, 1.807) is 0 Å². The fourth-order valence-electron chi connectivity index (χ4n) is 2.08. The molecule has 2 aromatic heterocycles. The number of aryl methyl sites for hydroxylation is 3. The second kappa shape index (κ2) is 5.38. The van der Waals surface area contributed by atoms with E-state index in [0.717, 1.165) is 30.2 Å². The van der Waals surface area contributed by atoms with E-state index in [9.17, 15) is 0 Å². The van der Waals surface area contributed by atoms with Crippen LogP contribution in [0.5, 0.6) is 0 Å². The Balaban J connectivity index is 2.17. The minimum Gasteiger partial charge on any atom is -0.339 e. The summed E-state index contributed by atoms with van der Waals surface area (Å²) in [4.78, 5) is 10.9. The number of anilines is 1. The first kappa shape index (κ1) is 13.5. The van der Waals surface area contributed by atoms with Gasteiger partial charge in [-0.2, -0.15) is 5.10 Å². The van der Waals surface area contributed by atoms with Gasteiger partial charge in [0.25, 0.3) is 0 Å². The Kier molecular flexibility index (Phi) is 3.83. The Morgan fingerprint density at radius 1 is 1.21 bits per heavy atom. The Morgan fingerprint density at radius 2 is 1.84 bits per heavy atom. The molecule has 0 radical (unpaired) electrons. The fraction of sp³-hybridized carbons (Fsp3) is 0.500. The Labute approximate surface area is 114 Å². The Bertz CT molecular complexity index is 556. The van der Waals surface area contributed by atoms with Gasteiger partial charge in [0.05, 0.1) is 5.69 Å². The smallest absolute Gasteiger partial charge is 0.225 e. The molecule has 0 bridgehead atoms. The monoisotopic (exact) mass is 259 g/mol. The van der Waals surface area contributed by atoms with Crippen molar-refractivity contribution in [2.75, 3.05) is 11.9 Å². The van der Waals surface area contributed by atoms with E-state index < -0.39 is 0 Å². The van der Waals surface area contributed by atoms with Gasteiger partial charge in [0.2, 0.25) is 5.95 Å². The molecular weight excluding hydrogens is 238 g/mol. The molecule has 0 aromatic carbocycles. The summed E-state index contributed by atoms with van der Waals surface area (Å²) in [5.74, 6) is 0.750. The van der Waals surface area contributed by atoms with Gasteiger partial charge in [0.1, 0.15) is 0 Å². The fourth-order valence-corrected chi connectivity index (χ4v) is 2.08. The molecule has 19 heavy (non-hydrogen) atoms. The number of aromatic nitrogens is 4. The van der Waals surface area contributed by atoms with E-state index in [4.69, 9.17) is 0 Å². The van der Waals surface area contributed by atoms with Crippen LogP contribution in [0, 0.1) is 13.8 Å². The topological polar surface area (TPSA) is 46.8 Å². The quantitative estimate of drug-likeness (QED) is 0.843. The molecule has 0 saturated carbocycles. The van der Waals surface area contributed by atoms with E-state index in [1.165, 1.54) is 11.3 Å². The van der Waals surface area contributed by atoms with Crippen LogP contribution in [0.25, 0.3) is 0 Å². The van der Waals surface area contributed by atoms with Crippen LogP contribution in [0.15, 0.2) is 12.4 Å². The normalized spacial score (nSPS) is 10.8. The van der Waals surface area contributed by atoms with Crippen LogP contribution in [0.2, 0.25) is 0 Å². The minimum atomic E-state index is 0.750. The lowest BCUT2D eigenvalue weighted by atomic mass is 10.2. The van der Waals surface area contributed by atoms with Crippen LogP contribution in [-0.2, 0) is 20.0 Å². The molecule has 0 aliphatic carbocycles. The maximum absolute atomic E-state index is 4.43. The van der Waals surface area contributed by atoms with Gasteiger partial charge in [-0.1, -0.05) is 6.92 Å². The first-order chi connectivity index (χ1) is 9.02. The zero-order valence-electron chi connectivity index (χ0n) is 12.3. The molecule has 0 N–H and O–H groups in total. The zero-order chi connectivity index (χ0) is 14.0. The van der Waals surface area contributed by atoms with Crippen LogP contribution < -0.4 is 4.90 Å². The largest absolute Gasteiger partial charge is 0.339 e. The van der Waals surface area contributed by atoms with Gasteiger partial charge in [0.15, 0.2) is 0 Å². The lowest BCUT2D eigenvalue weighted by Crippen LogP contribution is -2.20. The second-order valence-corrected chi connectivity index (χ2v) is 4.87. The van der Waals surface area contributed by atoms with E-state index in [1.807, 2.05) is 38.1 Å². The van der Waals surface area contributed by atoms with E-state index >= 15 is 0 Å². The molecule has 0 unspecified atom stereocenters. The first-order valence-corrected chi connectivity index (χ1v) is 6.54. The van der Waals surface area contributed by atoms with Crippen LogP contribution in [0.4, 0.5) is 5.95 Å². The summed E-state index contributed by atoms with van der Waals surface area (Å²) in [5.41, 5.74) is 4.66. The van der Waals surface area contributed by atoms with Crippen LogP contribution in [0.1, 0.15) is 29.4 Å². The molecule has 102 valence electrons. The van der Waals surface area contributed by atoms with Crippen LogP contribution in [0.3, 0.4) is 0 Å². The molecule has 5 nitrogen and oxygen atoms in total. The summed E-state index contributed by atoms with van der Waals surface area (Å²) in [6.07, 6.45) is 4.74. The first-order valence-electron chi connectivity index (χ1n) is 6.54. The molecule has 0 spiro atoms. The molecule has 2 rings (SSSR count). The molecule has 0 aliphatic heterocycles. The minimum absolute atomic E-state index is 0.750. The predicted octanol–water partition coefficient (Wildman–Crippen LogP) is 2.03. The third kappa shape index (κ3) is 2.75. The van der Waals surface area contributed by atoms with Crippen molar-refractivity contribution in [2.45, 2.75) is 33.7 Å². The average molecular weight is 259 g/mol. The summed E-state index contributed by atoms with van der Waals surface area (Å²) < 4.78 is 1.92. The third-order valence-corrected chi connectivity index (χ3v) is 3.50. The highest BCUT2D eigenvalue weighted by Crippen LogP contribution is 2.16. The van der Waals surface area contributed by atoms with Crippen molar-refractivity contribution in [3.63, 3.8) is 0 Å². The molecule has 2 aromatic rings. The van der Waals surface area contributed by atoms with Gasteiger partial charge < -0.3 is 4.90 Å². The Hall–Kier alpha value is -1.91. The number of hydrogen-bond donors (Lipinski definition) is 0. The molecule has 5 heteroatoms. The lowest BCUT2D eigenvalue weighted by molar-refractivity contribution is 0.729. The van der Waals surface area contributed by atoms with Crippen molar-refractivity contribution in [1.29, 1.82) is 0 Å². The van der Waals surface area contributed by atoms with Crippen molar-refractivity contribution in [3.05, 3.63) is 34.9 Å². The highest BCUT2D eigenvalue weighted by molar-refractivity contribution is 5.34. The van der Waals surface area contributed by atoms with Crippen molar-refractivity contribution in [1.82, 2.24) is 19.7 Å². The van der Waals surface area contributed by atoms with Gasteiger partial charge in [0, 0.05) is 44.3 Å². The third-order valence-electron chi connectivity index (χ3n) is 3.50. The van der Waals surface area contributed by atoms with Crippen molar-refractivity contribution in [3.8, 4) is 0 Å². The van der Waals surface area contributed by atoms with Crippen molar-refractivity contribution < 1.29 is 0 Å². The van der Waals surface area contributed by atoms with Crippen molar-refractivity contribution >= 4 is 5.95 Å².